The number of hydrogen-bond acceptors (Lipinski definition) is 2. The van der Waals surface area contributed by atoms with Crippen LogP contribution in [0.15, 0.2) is 0 Å². The van der Waals surface area contributed by atoms with Gasteiger partial charge in [-0.25, -0.2) is 0 Å². The topological polar surface area (TPSA) is 40.5 Å². The first-order valence-corrected chi connectivity index (χ1v) is 5.98. The van der Waals surface area contributed by atoms with Gasteiger partial charge in [-0.1, -0.05) is 45.4 Å². The maximum absolute atomic E-state index is 10.9. The minimum atomic E-state index is -0.700. The lowest BCUT2D eigenvalue weighted by atomic mass is 10.1. The highest BCUT2D eigenvalue weighted by atomic mass is 16.4. The molecule has 0 saturated carbocycles. The standard InChI is InChI=1S/C12H25NO2/c1-4-5-6-7-8-9-10-11(12(14)15)13(2)3/h11H,4-10H2,1-3H3,(H,14,15). The van der Waals surface area contributed by atoms with Gasteiger partial charge in [0.05, 0.1) is 0 Å². The molecule has 15 heavy (non-hydrogen) atoms. The fourth-order valence-electron chi connectivity index (χ4n) is 1.72. The van der Waals surface area contributed by atoms with Gasteiger partial charge in [0.2, 0.25) is 0 Å². The Hall–Kier alpha value is -0.570. The van der Waals surface area contributed by atoms with Crippen LogP contribution in [-0.2, 0) is 4.79 Å². The van der Waals surface area contributed by atoms with Crippen molar-refractivity contribution in [1.82, 2.24) is 4.90 Å². The molecule has 0 spiro atoms. The van der Waals surface area contributed by atoms with Crippen LogP contribution in [0.3, 0.4) is 0 Å². The van der Waals surface area contributed by atoms with Crippen LogP contribution in [0.5, 0.6) is 0 Å². The number of rotatable bonds is 9. The van der Waals surface area contributed by atoms with E-state index in [0.29, 0.717) is 0 Å². The van der Waals surface area contributed by atoms with E-state index in [1.165, 1.54) is 25.7 Å². The summed E-state index contributed by atoms with van der Waals surface area (Å²) in [5.74, 6) is -0.700. The van der Waals surface area contributed by atoms with Crippen molar-refractivity contribution in [3.05, 3.63) is 0 Å². The van der Waals surface area contributed by atoms with Crippen LogP contribution in [0.2, 0.25) is 0 Å². The van der Waals surface area contributed by atoms with E-state index in [9.17, 15) is 4.79 Å². The Bertz CT molecular complexity index is 169. The summed E-state index contributed by atoms with van der Waals surface area (Å²) >= 11 is 0. The Morgan fingerprint density at radius 1 is 1.13 bits per heavy atom. The Kier molecular flexibility index (Phi) is 8.38. The third-order valence-corrected chi connectivity index (χ3v) is 2.74. The molecular weight excluding hydrogens is 190 g/mol. The van der Waals surface area contributed by atoms with Crippen molar-refractivity contribution in [1.29, 1.82) is 0 Å². The van der Waals surface area contributed by atoms with Crippen LogP contribution in [-0.4, -0.2) is 36.1 Å². The highest BCUT2D eigenvalue weighted by molar-refractivity contribution is 5.73. The van der Waals surface area contributed by atoms with Crippen molar-refractivity contribution in [2.75, 3.05) is 14.1 Å². The van der Waals surface area contributed by atoms with Gasteiger partial charge in [-0.05, 0) is 20.5 Å². The van der Waals surface area contributed by atoms with E-state index in [4.69, 9.17) is 5.11 Å². The highest BCUT2D eigenvalue weighted by Gasteiger charge is 2.18. The molecule has 1 N–H and O–H groups in total. The maximum Gasteiger partial charge on any atom is 0.320 e. The number of hydrogen-bond donors (Lipinski definition) is 1. The molecule has 0 radical (unpaired) electrons. The molecule has 1 atom stereocenters. The van der Waals surface area contributed by atoms with Gasteiger partial charge in [-0.2, -0.15) is 0 Å². The molecule has 0 aliphatic rings. The van der Waals surface area contributed by atoms with E-state index in [1.54, 1.807) is 4.90 Å². The number of aliphatic carboxylic acids is 1. The minimum absolute atomic E-state index is 0.309. The third-order valence-electron chi connectivity index (χ3n) is 2.74. The van der Waals surface area contributed by atoms with E-state index < -0.39 is 5.97 Å². The summed E-state index contributed by atoms with van der Waals surface area (Å²) in [6.07, 6.45) is 8.06. The summed E-state index contributed by atoms with van der Waals surface area (Å²) in [4.78, 5) is 12.7. The van der Waals surface area contributed by atoms with Gasteiger partial charge >= 0.3 is 5.97 Å². The molecule has 3 nitrogen and oxygen atoms in total. The lowest BCUT2D eigenvalue weighted by Gasteiger charge is -2.19. The largest absolute Gasteiger partial charge is 0.480 e. The zero-order chi connectivity index (χ0) is 11.7. The molecular formula is C12H25NO2. The van der Waals surface area contributed by atoms with Crippen molar-refractivity contribution in [3.63, 3.8) is 0 Å². The van der Waals surface area contributed by atoms with E-state index in [2.05, 4.69) is 6.92 Å². The van der Waals surface area contributed by atoms with Gasteiger partial charge in [0.1, 0.15) is 6.04 Å². The van der Waals surface area contributed by atoms with E-state index in [0.717, 1.165) is 19.3 Å². The summed E-state index contributed by atoms with van der Waals surface area (Å²) in [5, 5.41) is 8.94. The fourth-order valence-corrected chi connectivity index (χ4v) is 1.72. The first-order valence-electron chi connectivity index (χ1n) is 5.98. The van der Waals surface area contributed by atoms with Gasteiger partial charge in [0, 0.05) is 0 Å². The SMILES string of the molecule is CCCCCCCCC(C(=O)O)N(C)C. The average molecular weight is 215 g/mol. The quantitative estimate of drug-likeness (QED) is 0.601. The molecule has 90 valence electrons. The van der Waals surface area contributed by atoms with Gasteiger partial charge in [-0.15, -0.1) is 0 Å². The van der Waals surface area contributed by atoms with Gasteiger partial charge in [0.15, 0.2) is 0 Å². The second-order valence-electron chi connectivity index (χ2n) is 4.37. The first kappa shape index (κ1) is 14.4. The summed E-state index contributed by atoms with van der Waals surface area (Å²) in [6.45, 7) is 2.20. The van der Waals surface area contributed by atoms with Gasteiger partial charge < -0.3 is 5.11 Å². The van der Waals surface area contributed by atoms with Crippen LogP contribution in [0.4, 0.5) is 0 Å². The maximum atomic E-state index is 10.9. The molecule has 0 aliphatic heterocycles. The third kappa shape index (κ3) is 7.37. The first-order chi connectivity index (χ1) is 7.09. The monoisotopic (exact) mass is 215 g/mol. The Morgan fingerprint density at radius 2 is 1.67 bits per heavy atom. The summed E-state index contributed by atoms with van der Waals surface area (Å²) < 4.78 is 0. The summed E-state index contributed by atoms with van der Waals surface area (Å²) in [5.41, 5.74) is 0. The molecule has 0 aromatic rings. The number of carboxylic acids is 1. The Balaban J connectivity index is 3.50. The highest BCUT2D eigenvalue weighted by Crippen LogP contribution is 2.10. The molecule has 0 aromatic carbocycles. The lowest BCUT2D eigenvalue weighted by Crippen LogP contribution is -2.35. The van der Waals surface area contributed by atoms with Crippen LogP contribution < -0.4 is 0 Å². The van der Waals surface area contributed by atoms with E-state index in [1.807, 2.05) is 14.1 Å². The van der Waals surface area contributed by atoms with Crippen molar-refractivity contribution >= 4 is 5.97 Å². The smallest absolute Gasteiger partial charge is 0.320 e. The van der Waals surface area contributed by atoms with E-state index >= 15 is 0 Å². The normalized spacial score (nSPS) is 13.1. The van der Waals surface area contributed by atoms with Crippen molar-refractivity contribution < 1.29 is 9.90 Å². The lowest BCUT2D eigenvalue weighted by molar-refractivity contribution is -0.142. The summed E-state index contributed by atoms with van der Waals surface area (Å²) in [7, 11) is 3.66. The number of nitrogens with zero attached hydrogens (tertiary/aromatic N) is 1. The molecule has 0 bridgehead atoms. The Morgan fingerprint density at radius 3 is 2.13 bits per heavy atom. The zero-order valence-electron chi connectivity index (χ0n) is 10.3. The predicted molar refractivity (Wildman–Crippen MR) is 63.1 cm³/mol. The number of carboxylic acid groups (broad SMARTS) is 1. The Labute approximate surface area is 93.5 Å². The predicted octanol–water partition coefficient (Wildman–Crippen LogP) is 2.75. The second kappa shape index (κ2) is 8.72. The zero-order valence-corrected chi connectivity index (χ0v) is 10.3. The number of unbranched alkanes of at least 4 members (excludes halogenated alkanes) is 5. The minimum Gasteiger partial charge on any atom is -0.480 e. The molecule has 0 heterocycles. The van der Waals surface area contributed by atoms with Crippen molar-refractivity contribution in [2.24, 2.45) is 0 Å². The summed E-state index contributed by atoms with van der Waals surface area (Å²) in [6, 6.07) is -0.309. The van der Waals surface area contributed by atoms with Crippen molar-refractivity contribution in [2.45, 2.75) is 57.9 Å². The van der Waals surface area contributed by atoms with Crippen LogP contribution >= 0.6 is 0 Å². The van der Waals surface area contributed by atoms with Crippen molar-refractivity contribution in [3.8, 4) is 0 Å². The average Bonchev–Trinajstić information content (AvgIpc) is 2.15. The van der Waals surface area contributed by atoms with E-state index in [-0.39, 0.29) is 6.04 Å². The fraction of sp³-hybridized carbons (Fsp3) is 0.917. The van der Waals surface area contributed by atoms with Crippen LogP contribution in [0.1, 0.15) is 51.9 Å². The van der Waals surface area contributed by atoms with Gasteiger partial charge in [0.25, 0.3) is 0 Å². The number of carbonyl (C=O) groups is 1. The molecule has 0 aromatic heterocycles. The molecule has 0 aliphatic carbocycles. The van der Waals surface area contributed by atoms with Crippen LogP contribution in [0.25, 0.3) is 0 Å². The second-order valence-corrected chi connectivity index (χ2v) is 4.37. The molecule has 0 fully saturated rings. The van der Waals surface area contributed by atoms with Crippen LogP contribution in [0, 0.1) is 0 Å². The van der Waals surface area contributed by atoms with Gasteiger partial charge in [-0.3, -0.25) is 9.69 Å². The molecule has 0 rings (SSSR count). The molecule has 0 amide bonds. The number of likely N-dealkylation sites (N-methyl/N-ethyl adjacent to an activating group) is 1. The molecule has 0 saturated heterocycles. The molecule has 1 unspecified atom stereocenters. The molecule has 3 heteroatoms.